The van der Waals surface area contributed by atoms with Crippen LogP contribution >= 0.6 is 0 Å². The van der Waals surface area contributed by atoms with Crippen LogP contribution < -0.4 is 5.32 Å². The molecule has 1 N–H and O–H groups in total. The summed E-state index contributed by atoms with van der Waals surface area (Å²) in [6.45, 7) is 3.68. The summed E-state index contributed by atoms with van der Waals surface area (Å²) in [5, 5.41) is 2.73. The SMILES string of the molecule is CCC1(CC)NC(=O)N(CC(=O)N(Cc2cccc(F)c2)C2CC2)C1=O. The lowest BCUT2D eigenvalue weighted by atomic mass is 9.93. The van der Waals surface area contributed by atoms with Gasteiger partial charge in [-0.2, -0.15) is 0 Å². The van der Waals surface area contributed by atoms with E-state index in [0.717, 1.165) is 17.7 Å². The van der Waals surface area contributed by atoms with Gasteiger partial charge in [0, 0.05) is 12.6 Å². The Hall–Kier alpha value is -2.44. The monoisotopic (exact) mass is 361 g/mol. The summed E-state index contributed by atoms with van der Waals surface area (Å²) >= 11 is 0. The van der Waals surface area contributed by atoms with Gasteiger partial charge in [0.25, 0.3) is 5.91 Å². The molecular weight excluding hydrogens is 337 g/mol. The minimum Gasteiger partial charge on any atom is -0.334 e. The molecule has 1 heterocycles. The van der Waals surface area contributed by atoms with Crippen molar-refractivity contribution < 1.29 is 18.8 Å². The molecule has 2 fully saturated rings. The number of amides is 4. The van der Waals surface area contributed by atoms with Crippen molar-refractivity contribution in [3.05, 3.63) is 35.6 Å². The molecule has 26 heavy (non-hydrogen) atoms. The minimum atomic E-state index is -0.912. The largest absolute Gasteiger partial charge is 0.334 e. The average Bonchev–Trinajstić information content (AvgIpc) is 3.43. The van der Waals surface area contributed by atoms with E-state index in [4.69, 9.17) is 0 Å². The Morgan fingerprint density at radius 2 is 2.00 bits per heavy atom. The molecule has 0 bridgehead atoms. The molecule has 1 aliphatic heterocycles. The number of hydrogen-bond donors (Lipinski definition) is 1. The fraction of sp³-hybridized carbons (Fsp3) is 0.526. The van der Waals surface area contributed by atoms with Gasteiger partial charge in [0.15, 0.2) is 0 Å². The summed E-state index contributed by atoms with van der Waals surface area (Å²) in [5.74, 6) is -0.985. The highest BCUT2D eigenvalue weighted by Crippen LogP contribution is 2.30. The number of rotatable bonds is 7. The fourth-order valence-electron chi connectivity index (χ4n) is 3.41. The third-order valence-corrected chi connectivity index (χ3v) is 5.30. The van der Waals surface area contributed by atoms with E-state index in [1.807, 2.05) is 13.8 Å². The maximum absolute atomic E-state index is 13.4. The zero-order valence-electron chi connectivity index (χ0n) is 15.1. The first-order valence-corrected chi connectivity index (χ1v) is 9.08. The number of imide groups is 1. The maximum Gasteiger partial charge on any atom is 0.325 e. The second kappa shape index (κ2) is 7.05. The summed E-state index contributed by atoms with van der Waals surface area (Å²) in [6.07, 6.45) is 2.73. The standard InChI is InChI=1S/C19H24FN3O3/c1-3-19(4-2)17(25)23(18(26)21-19)12-16(24)22(15-8-9-15)11-13-6-5-7-14(20)10-13/h5-7,10,15H,3-4,8-9,11-12H2,1-2H3,(H,21,26). The highest BCUT2D eigenvalue weighted by atomic mass is 19.1. The molecule has 0 spiro atoms. The normalized spacial score (nSPS) is 18.8. The Balaban J connectivity index is 1.73. The van der Waals surface area contributed by atoms with Gasteiger partial charge in [0.1, 0.15) is 17.9 Å². The summed E-state index contributed by atoms with van der Waals surface area (Å²) in [5.41, 5.74) is -0.219. The van der Waals surface area contributed by atoms with Crippen LogP contribution in [-0.2, 0) is 16.1 Å². The molecule has 3 rings (SSSR count). The molecule has 4 amide bonds. The highest BCUT2D eigenvalue weighted by molar-refractivity contribution is 6.09. The number of urea groups is 1. The molecule has 1 saturated carbocycles. The molecule has 1 saturated heterocycles. The number of halogens is 1. The summed E-state index contributed by atoms with van der Waals surface area (Å²) in [7, 11) is 0. The first kappa shape index (κ1) is 18.4. The van der Waals surface area contributed by atoms with Crippen LogP contribution in [-0.4, -0.2) is 45.8 Å². The number of nitrogens with one attached hydrogen (secondary N) is 1. The second-order valence-corrected chi connectivity index (χ2v) is 6.99. The summed E-state index contributed by atoms with van der Waals surface area (Å²) in [4.78, 5) is 40.4. The predicted octanol–water partition coefficient (Wildman–Crippen LogP) is 2.43. The van der Waals surface area contributed by atoms with E-state index >= 15 is 0 Å². The van der Waals surface area contributed by atoms with Crippen molar-refractivity contribution in [3.8, 4) is 0 Å². The molecule has 1 aromatic carbocycles. The van der Waals surface area contributed by atoms with E-state index in [1.165, 1.54) is 12.1 Å². The van der Waals surface area contributed by atoms with Crippen molar-refractivity contribution in [2.75, 3.05) is 6.54 Å². The Morgan fingerprint density at radius 1 is 1.31 bits per heavy atom. The number of carbonyl (C=O) groups excluding carboxylic acids is 3. The van der Waals surface area contributed by atoms with E-state index in [9.17, 15) is 18.8 Å². The van der Waals surface area contributed by atoms with Crippen molar-refractivity contribution >= 4 is 17.8 Å². The molecule has 0 atom stereocenters. The van der Waals surface area contributed by atoms with Gasteiger partial charge in [0.2, 0.25) is 5.91 Å². The third kappa shape index (κ3) is 3.43. The number of hydrogen-bond acceptors (Lipinski definition) is 3. The molecule has 1 aliphatic carbocycles. The quantitative estimate of drug-likeness (QED) is 0.759. The zero-order chi connectivity index (χ0) is 18.9. The molecule has 7 heteroatoms. The van der Waals surface area contributed by atoms with Gasteiger partial charge in [0.05, 0.1) is 0 Å². The van der Waals surface area contributed by atoms with Gasteiger partial charge in [-0.05, 0) is 43.4 Å². The Labute approximate surface area is 152 Å². The van der Waals surface area contributed by atoms with Crippen molar-refractivity contribution in [1.29, 1.82) is 0 Å². The van der Waals surface area contributed by atoms with Gasteiger partial charge in [-0.15, -0.1) is 0 Å². The molecule has 140 valence electrons. The van der Waals surface area contributed by atoms with Crippen molar-refractivity contribution in [1.82, 2.24) is 15.1 Å². The van der Waals surface area contributed by atoms with Gasteiger partial charge < -0.3 is 10.2 Å². The van der Waals surface area contributed by atoms with Gasteiger partial charge >= 0.3 is 6.03 Å². The molecule has 0 aromatic heterocycles. The zero-order valence-corrected chi connectivity index (χ0v) is 15.1. The van der Waals surface area contributed by atoms with Crippen LogP contribution in [0.4, 0.5) is 9.18 Å². The third-order valence-electron chi connectivity index (χ3n) is 5.30. The van der Waals surface area contributed by atoms with E-state index in [1.54, 1.807) is 17.0 Å². The van der Waals surface area contributed by atoms with Gasteiger partial charge in [-0.3, -0.25) is 14.5 Å². The van der Waals surface area contributed by atoms with Crippen LogP contribution in [0.2, 0.25) is 0 Å². The van der Waals surface area contributed by atoms with Crippen LogP contribution in [0.3, 0.4) is 0 Å². The van der Waals surface area contributed by atoms with Crippen LogP contribution in [0.15, 0.2) is 24.3 Å². The number of nitrogens with zero attached hydrogens (tertiary/aromatic N) is 2. The Kier molecular flexibility index (Phi) is 4.98. The van der Waals surface area contributed by atoms with Crippen LogP contribution in [0, 0.1) is 5.82 Å². The van der Waals surface area contributed by atoms with E-state index < -0.39 is 11.6 Å². The first-order chi connectivity index (χ1) is 12.4. The molecule has 0 radical (unpaired) electrons. The van der Waals surface area contributed by atoms with Gasteiger partial charge in [-0.25, -0.2) is 9.18 Å². The van der Waals surface area contributed by atoms with Crippen molar-refractivity contribution in [2.45, 2.75) is 57.7 Å². The van der Waals surface area contributed by atoms with Crippen LogP contribution in [0.25, 0.3) is 0 Å². The Bertz CT molecular complexity index is 728. The molecule has 1 aromatic rings. The van der Waals surface area contributed by atoms with Crippen LogP contribution in [0.5, 0.6) is 0 Å². The van der Waals surface area contributed by atoms with Crippen molar-refractivity contribution in [3.63, 3.8) is 0 Å². The average molecular weight is 361 g/mol. The lowest BCUT2D eigenvalue weighted by Gasteiger charge is -2.26. The topological polar surface area (TPSA) is 69.7 Å². The number of carbonyl (C=O) groups is 3. The fourth-order valence-corrected chi connectivity index (χ4v) is 3.41. The highest BCUT2D eigenvalue weighted by Gasteiger charge is 2.49. The minimum absolute atomic E-state index is 0.0913. The lowest BCUT2D eigenvalue weighted by Crippen LogP contribution is -2.47. The van der Waals surface area contributed by atoms with Gasteiger partial charge in [-0.1, -0.05) is 26.0 Å². The Morgan fingerprint density at radius 3 is 2.54 bits per heavy atom. The summed E-state index contributed by atoms with van der Waals surface area (Å²) in [6, 6.07) is 5.69. The molecular formula is C19H24FN3O3. The van der Waals surface area contributed by atoms with E-state index in [-0.39, 0.29) is 36.8 Å². The second-order valence-electron chi connectivity index (χ2n) is 6.99. The molecule has 2 aliphatic rings. The smallest absolute Gasteiger partial charge is 0.325 e. The predicted molar refractivity (Wildman–Crippen MR) is 93.5 cm³/mol. The first-order valence-electron chi connectivity index (χ1n) is 9.08. The molecule has 0 unspecified atom stereocenters. The van der Waals surface area contributed by atoms with E-state index in [0.29, 0.717) is 18.4 Å². The van der Waals surface area contributed by atoms with E-state index in [2.05, 4.69) is 5.32 Å². The van der Waals surface area contributed by atoms with Crippen molar-refractivity contribution in [2.24, 2.45) is 0 Å². The maximum atomic E-state index is 13.4. The lowest BCUT2D eigenvalue weighted by molar-refractivity contribution is -0.139. The van der Waals surface area contributed by atoms with Crippen LogP contribution in [0.1, 0.15) is 45.1 Å². The summed E-state index contributed by atoms with van der Waals surface area (Å²) < 4.78 is 13.4. The number of benzene rings is 1. The molecule has 6 nitrogen and oxygen atoms in total.